The number of nitrogens with one attached hydrogen (secondary N) is 1. The minimum atomic E-state index is -0.303. The number of nitrogens with zero attached hydrogens (tertiary/aromatic N) is 3. The fourth-order valence-electron chi connectivity index (χ4n) is 5.30. The van der Waals surface area contributed by atoms with Gasteiger partial charge in [-0.15, -0.1) is 0 Å². The third kappa shape index (κ3) is 8.51. The van der Waals surface area contributed by atoms with Crippen molar-refractivity contribution in [1.29, 1.82) is 0 Å². The van der Waals surface area contributed by atoms with Gasteiger partial charge in [0, 0.05) is 62.9 Å². The molecule has 0 spiro atoms. The summed E-state index contributed by atoms with van der Waals surface area (Å²) in [6.45, 7) is 9.58. The topological polar surface area (TPSA) is 94.6 Å². The summed E-state index contributed by atoms with van der Waals surface area (Å²) >= 11 is 0. The fourth-order valence-corrected chi connectivity index (χ4v) is 5.30. The van der Waals surface area contributed by atoms with Crippen LogP contribution in [0.25, 0.3) is 0 Å². The molecule has 40 heavy (non-hydrogen) atoms. The molecule has 9 nitrogen and oxygen atoms in total. The van der Waals surface area contributed by atoms with Crippen LogP contribution in [-0.4, -0.2) is 103 Å². The molecule has 218 valence electrons. The highest BCUT2D eigenvalue weighted by Crippen LogP contribution is 2.29. The van der Waals surface area contributed by atoms with Gasteiger partial charge in [0.2, 0.25) is 11.8 Å². The highest BCUT2D eigenvalue weighted by molar-refractivity contribution is 5.91. The van der Waals surface area contributed by atoms with Crippen molar-refractivity contribution in [3.05, 3.63) is 59.7 Å². The van der Waals surface area contributed by atoms with Crippen LogP contribution in [0.4, 0.5) is 5.69 Å². The van der Waals surface area contributed by atoms with E-state index in [0.717, 1.165) is 25.2 Å². The van der Waals surface area contributed by atoms with Crippen molar-refractivity contribution >= 4 is 17.5 Å². The molecule has 1 fully saturated rings. The van der Waals surface area contributed by atoms with E-state index in [4.69, 9.17) is 9.47 Å². The number of anilines is 1. The van der Waals surface area contributed by atoms with Gasteiger partial charge in [-0.2, -0.15) is 0 Å². The van der Waals surface area contributed by atoms with Gasteiger partial charge < -0.3 is 24.8 Å². The smallest absolute Gasteiger partial charge is 0.227 e. The first-order chi connectivity index (χ1) is 19.3. The van der Waals surface area contributed by atoms with Crippen LogP contribution < -0.4 is 10.1 Å². The normalized spacial score (nSPS) is 21.1. The van der Waals surface area contributed by atoms with E-state index in [2.05, 4.69) is 41.2 Å². The molecule has 9 heteroatoms. The Hall–Kier alpha value is -2.98. The highest BCUT2D eigenvalue weighted by atomic mass is 16.5. The summed E-state index contributed by atoms with van der Waals surface area (Å²) in [5.74, 6) is 0.559. The number of carbonyl (C=O) groups is 2. The molecule has 0 aromatic heterocycles. The molecule has 3 atom stereocenters. The van der Waals surface area contributed by atoms with Gasteiger partial charge in [-0.05, 0) is 37.7 Å². The first kappa shape index (κ1) is 30.0. The Morgan fingerprint density at radius 1 is 1.18 bits per heavy atom. The Morgan fingerprint density at radius 2 is 1.93 bits per heavy atom. The number of aliphatic hydroxyl groups is 1. The maximum absolute atomic E-state index is 13.5. The van der Waals surface area contributed by atoms with Crippen molar-refractivity contribution in [2.75, 3.05) is 64.9 Å². The lowest BCUT2D eigenvalue weighted by molar-refractivity contribution is -0.134. The molecule has 0 saturated carbocycles. The van der Waals surface area contributed by atoms with Gasteiger partial charge in [0.05, 0.1) is 32.3 Å². The first-order valence-corrected chi connectivity index (χ1v) is 14.3. The SMILES string of the molecule is C[C@H]1CN([C@@H](C)CO)C(=O)Cc2cc(NC(=O)CCN3CCOCC3)ccc2O[C@@H]1CN(C)Cc1ccccc1. The standard InChI is InChI=1S/C31H44N4O5/c1-23-19-35(24(2)22-36)31(38)18-26-17-27(32-30(37)11-12-34-13-15-39-16-14-34)9-10-28(26)40-29(23)21-33(3)20-25-7-5-4-6-8-25/h4-10,17,23-24,29,36H,11-16,18-22H2,1-3H3,(H,32,37)/t23-,24-,29+/m0/s1. The number of carbonyl (C=O) groups excluding carboxylic acids is 2. The second-order valence-electron chi connectivity index (χ2n) is 11.1. The lowest BCUT2D eigenvalue weighted by Gasteiger charge is -2.34. The van der Waals surface area contributed by atoms with Gasteiger partial charge in [-0.3, -0.25) is 19.4 Å². The van der Waals surface area contributed by atoms with Crippen LogP contribution in [0, 0.1) is 5.92 Å². The van der Waals surface area contributed by atoms with E-state index in [0.29, 0.717) is 50.7 Å². The average Bonchev–Trinajstić information content (AvgIpc) is 3.00. The van der Waals surface area contributed by atoms with Crippen molar-refractivity contribution < 1.29 is 24.2 Å². The molecule has 0 unspecified atom stereocenters. The van der Waals surface area contributed by atoms with E-state index < -0.39 is 0 Å². The minimum Gasteiger partial charge on any atom is -0.488 e. The first-order valence-electron chi connectivity index (χ1n) is 14.3. The summed E-state index contributed by atoms with van der Waals surface area (Å²) in [5, 5.41) is 12.9. The molecule has 2 heterocycles. The van der Waals surface area contributed by atoms with E-state index in [9.17, 15) is 14.7 Å². The van der Waals surface area contributed by atoms with Crippen LogP contribution in [-0.2, 0) is 27.3 Å². The molecule has 2 aliphatic rings. The summed E-state index contributed by atoms with van der Waals surface area (Å²) in [5.41, 5.74) is 2.60. The molecule has 0 radical (unpaired) electrons. The van der Waals surface area contributed by atoms with Crippen molar-refractivity contribution in [3.63, 3.8) is 0 Å². The monoisotopic (exact) mass is 552 g/mol. The summed E-state index contributed by atoms with van der Waals surface area (Å²) in [6, 6.07) is 15.6. The van der Waals surface area contributed by atoms with Crippen molar-refractivity contribution in [2.24, 2.45) is 5.92 Å². The molecule has 0 bridgehead atoms. The molecule has 2 aliphatic heterocycles. The third-order valence-electron chi connectivity index (χ3n) is 7.75. The van der Waals surface area contributed by atoms with Gasteiger partial charge in [0.1, 0.15) is 11.9 Å². The number of rotatable bonds is 10. The second-order valence-corrected chi connectivity index (χ2v) is 11.1. The molecule has 0 aliphatic carbocycles. The summed E-state index contributed by atoms with van der Waals surface area (Å²) in [7, 11) is 2.07. The van der Waals surface area contributed by atoms with Crippen LogP contribution >= 0.6 is 0 Å². The predicted molar refractivity (Wildman–Crippen MR) is 155 cm³/mol. The van der Waals surface area contributed by atoms with Crippen molar-refractivity contribution in [2.45, 2.75) is 45.4 Å². The number of morpholine rings is 1. The van der Waals surface area contributed by atoms with E-state index in [1.165, 1.54) is 5.56 Å². The zero-order valence-electron chi connectivity index (χ0n) is 24.1. The van der Waals surface area contributed by atoms with Gasteiger partial charge in [0.25, 0.3) is 0 Å². The zero-order valence-corrected chi connectivity index (χ0v) is 24.1. The Labute approximate surface area is 238 Å². The largest absolute Gasteiger partial charge is 0.488 e. The number of likely N-dealkylation sites (N-methyl/N-ethyl adjacent to an activating group) is 1. The van der Waals surface area contributed by atoms with Gasteiger partial charge in [0.15, 0.2) is 0 Å². The quantitative estimate of drug-likeness (QED) is 0.468. The number of hydrogen-bond acceptors (Lipinski definition) is 7. The Bertz CT molecular complexity index is 1110. The summed E-state index contributed by atoms with van der Waals surface area (Å²) < 4.78 is 12.0. The molecule has 2 aromatic carbocycles. The van der Waals surface area contributed by atoms with Gasteiger partial charge in [-0.25, -0.2) is 0 Å². The molecule has 2 amide bonds. The zero-order chi connectivity index (χ0) is 28.5. The predicted octanol–water partition coefficient (Wildman–Crippen LogP) is 2.63. The van der Waals surface area contributed by atoms with E-state index in [1.807, 2.05) is 43.3 Å². The highest BCUT2D eigenvalue weighted by Gasteiger charge is 2.31. The fraction of sp³-hybridized carbons (Fsp3) is 0.548. The molecule has 1 saturated heterocycles. The maximum atomic E-state index is 13.5. The molecule has 4 rings (SSSR count). The lowest BCUT2D eigenvalue weighted by atomic mass is 10.0. The average molecular weight is 553 g/mol. The van der Waals surface area contributed by atoms with Crippen LogP contribution in [0.15, 0.2) is 48.5 Å². The number of aliphatic hydroxyl groups excluding tert-OH is 1. The van der Waals surface area contributed by atoms with E-state index >= 15 is 0 Å². The number of benzene rings is 2. The molecular formula is C31H44N4O5. The van der Waals surface area contributed by atoms with E-state index in [1.54, 1.807) is 4.90 Å². The van der Waals surface area contributed by atoms with Gasteiger partial charge >= 0.3 is 0 Å². The molecule has 2 N–H and O–H groups in total. The number of amides is 2. The van der Waals surface area contributed by atoms with Crippen LogP contribution in [0.3, 0.4) is 0 Å². The van der Waals surface area contributed by atoms with Crippen LogP contribution in [0.2, 0.25) is 0 Å². The lowest BCUT2D eigenvalue weighted by Crippen LogP contribution is -2.47. The number of ether oxygens (including phenoxy) is 2. The van der Waals surface area contributed by atoms with Gasteiger partial charge in [-0.1, -0.05) is 37.3 Å². The Balaban J connectivity index is 1.50. The second kappa shape index (κ2) is 14.6. The van der Waals surface area contributed by atoms with Crippen molar-refractivity contribution in [1.82, 2.24) is 14.7 Å². The van der Waals surface area contributed by atoms with Crippen molar-refractivity contribution in [3.8, 4) is 5.75 Å². The molecular weight excluding hydrogens is 508 g/mol. The molecule has 2 aromatic rings. The van der Waals surface area contributed by atoms with Crippen LogP contribution in [0.5, 0.6) is 5.75 Å². The summed E-state index contributed by atoms with van der Waals surface area (Å²) in [6.07, 6.45) is 0.346. The van der Waals surface area contributed by atoms with E-state index in [-0.39, 0.29) is 42.9 Å². The maximum Gasteiger partial charge on any atom is 0.227 e. The third-order valence-corrected chi connectivity index (χ3v) is 7.75. The van der Waals surface area contributed by atoms with Crippen LogP contribution in [0.1, 0.15) is 31.4 Å². The number of fused-ring (bicyclic) bond motifs is 1. The summed E-state index contributed by atoms with van der Waals surface area (Å²) in [4.78, 5) is 32.4. The Morgan fingerprint density at radius 3 is 2.65 bits per heavy atom. The minimum absolute atomic E-state index is 0.0293. The number of hydrogen-bond donors (Lipinski definition) is 2. The Kier molecular flexibility index (Phi) is 10.9.